The predicted molar refractivity (Wildman–Crippen MR) is 240 cm³/mol. The van der Waals surface area contributed by atoms with Gasteiger partial charge in [0.2, 0.25) is 0 Å². The number of benzene rings is 6. The third kappa shape index (κ3) is 11.6. The number of hydrogen-bond donors (Lipinski definition) is 0. The monoisotopic (exact) mass is 872 g/mol. The van der Waals surface area contributed by atoms with Gasteiger partial charge in [-0.25, -0.2) is 16.8 Å². The van der Waals surface area contributed by atoms with E-state index in [9.17, 15) is 26.4 Å². The van der Waals surface area contributed by atoms with Crippen LogP contribution in [-0.4, -0.2) is 43.0 Å². The van der Waals surface area contributed by atoms with Gasteiger partial charge < -0.3 is 9.47 Å². The Morgan fingerprint density at radius 3 is 1.18 bits per heavy atom. The summed E-state index contributed by atoms with van der Waals surface area (Å²) in [4.78, 5) is 23.7. The van der Waals surface area contributed by atoms with Crippen molar-refractivity contribution in [1.29, 1.82) is 0 Å². The van der Waals surface area contributed by atoms with Gasteiger partial charge >= 0.3 is 11.9 Å². The van der Waals surface area contributed by atoms with Gasteiger partial charge in [0.1, 0.15) is 0 Å². The summed E-state index contributed by atoms with van der Waals surface area (Å²) >= 11 is 0. The molecule has 0 aromatic heterocycles. The Kier molecular flexibility index (Phi) is 14.7. The van der Waals surface area contributed by atoms with Crippen molar-refractivity contribution in [2.45, 2.75) is 62.4 Å². The van der Waals surface area contributed by atoms with Crippen molar-refractivity contribution in [3.05, 3.63) is 179 Å². The molecule has 0 aliphatic carbocycles. The van der Waals surface area contributed by atoms with Gasteiger partial charge in [-0.05, 0) is 122 Å². The molecule has 0 heterocycles. The Morgan fingerprint density at radius 2 is 0.839 bits per heavy atom. The average Bonchev–Trinajstić information content (AvgIpc) is 3.28. The van der Waals surface area contributed by atoms with Crippen molar-refractivity contribution in [2.75, 3.05) is 22.8 Å². The predicted octanol–water partition coefficient (Wildman–Crippen LogP) is 9.72. The van der Waals surface area contributed by atoms with Crippen LogP contribution >= 0.6 is 0 Å². The summed E-state index contributed by atoms with van der Waals surface area (Å²) in [6.45, 7) is 3.77. The third-order valence-corrected chi connectivity index (χ3v) is 13.7. The molecule has 0 radical (unpaired) electrons. The Morgan fingerprint density at radius 1 is 0.484 bits per heavy atom. The second-order valence-electron chi connectivity index (χ2n) is 14.7. The number of azo groups is 1. The van der Waals surface area contributed by atoms with Gasteiger partial charge in [-0.3, -0.25) is 18.2 Å². The van der Waals surface area contributed by atoms with Crippen LogP contribution in [0.1, 0.15) is 46.2 Å². The molecule has 0 saturated heterocycles. The fourth-order valence-corrected chi connectivity index (χ4v) is 9.45. The Labute approximate surface area is 363 Å². The van der Waals surface area contributed by atoms with Crippen LogP contribution in [0.25, 0.3) is 0 Å². The van der Waals surface area contributed by atoms with Crippen molar-refractivity contribution >= 4 is 54.7 Å². The third-order valence-electron chi connectivity index (χ3n) is 10.1. The molecule has 6 rings (SSSR count). The first kappa shape index (κ1) is 44.9. The highest BCUT2D eigenvalue weighted by Gasteiger charge is 2.27. The molecule has 0 aliphatic heterocycles. The molecule has 0 aliphatic rings. The molecule has 0 bridgehead atoms. The zero-order valence-electron chi connectivity index (χ0n) is 35.0. The number of nitrogens with zero attached hydrogens (tertiary/aromatic N) is 4. The van der Waals surface area contributed by atoms with Crippen LogP contribution in [-0.2, 0) is 65.0 Å². The Bertz CT molecular complexity index is 2550. The molecule has 6 aromatic rings. The molecular weight excluding hydrogens is 825 g/mol. The lowest BCUT2D eigenvalue weighted by atomic mass is 10.1. The largest absolute Gasteiger partial charge is 0.469 e. The first-order valence-electron chi connectivity index (χ1n) is 19.8. The second-order valence-corrected chi connectivity index (χ2v) is 18.4. The summed E-state index contributed by atoms with van der Waals surface area (Å²) < 4.78 is 68.9. The van der Waals surface area contributed by atoms with Gasteiger partial charge in [-0.15, -0.1) is 0 Å². The lowest BCUT2D eigenvalue weighted by Crippen LogP contribution is -2.30. The first-order valence-corrected chi connectivity index (χ1v) is 22.7. The van der Waals surface area contributed by atoms with E-state index in [1.807, 2.05) is 26.0 Å². The maximum Gasteiger partial charge on any atom is 0.305 e. The van der Waals surface area contributed by atoms with Crippen LogP contribution in [0.5, 0.6) is 0 Å². The fraction of sp³-hybridized carbons (Fsp3) is 0.208. The van der Waals surface area contributed by atoms with Crippen LogP contribution in [0.15, 0.2) is 166 Å². The van der Waals surface area contributed by atoms with Crippen molar-refractivity contribution in [1.82, 2.24) is 0 Å². The van der Waals surface area contributed by atoms with Crippen molar-refractivity contribution in [2.24, 2.45) is 10.2 Å². The Balaban J connectivity index is 1.25. The van der Waals surface area contributed by atoms with E-state index < -0.39 is 20.0 Å². The highest BCUT2D eigenvalue weighted by atomic mass is 32.2. The average molecular weight is 873 g/mol. The minimum absolute atomic E-state index is 0.00584. The Hall–Kier alpha value is -6.64. The van der Waals surface area contributed by atoms with Gasteiger partial charge in [0.25, 0.3) is 20.0 Å². The lowest BCUT2D eigenvalue weighted by molar-refractivity contribution is -0.141. The van der Waals surface area contributed by atoms with E-state index in [0.29, 0.717) is 46.7 Å². The van der Waals surface area contributed by atoms with Gasteiger partial charge in [-0.1, -0.05) is 83.9 Å². The SMILES string of the molecule is COC(=O)CCc1ccc(N(Cc2cccc(N=Nc3cccc(CN(c4ccc(CCC(=O)OC)cc4)S(=O)(=O)c4ccc(C)cc4)c3)c2)S(=O)(=O)c2ccc(C)cc2)cc1. The molecule has 0 N–H and O–H groups in total. The molecule has 0 unspecified atom stereocenters. The standard InChI is InChI=1S/C48H48N4O8S2/c1-35-11-25-45(26-12-35)61(55,56)51(43-21-15-37(16-22-43)19-29-47(53)59-3)33-39-7-5-9-41(31-39)49-50-42-10-6-8-40(32-42)34-52(62(57,58)46-27-13-36(2)14-28-46)44-23-17-38(18-24-44)20-30-48(54)60-4/h5-18,21-28,31-32H,19-20,29-30,33-34H2,1-4H3. The molecule has 14 heteroatoms. The van der Waals surface area contributed by atoms with Gasteiger partial charge in [-0.2, -0.15) is 10.2 Å². The number of anilines is 2. The molecule has 0 saturated carbocycles. The topological polar surface area (TPSA) is 152 Å². The van der Waals surface area contributed by atoms with E-state index in [4.69, 9.17) is 9.47 Å². The van der Waals surface area contributed by atoms with Crippen LogP contribution < -0.4 is 8.61 Å². The van der Waals surface area contributed by atoms with E-state index in [1.54, 1.807) is 133 Å². The quantitative estimate of drug-likeness (QED) is 0.0612. The van der Waals surface area contributed by atoms with Crippen molar-refractivity contribution in [3.63, 3.8) is 0 Å². The van der Waals surface area contributed by atoms with Crippen molar-refractivity contribution < 1.29 is 35.9 Å². The first-order chi connectivity index (χ1) is 29.7. The summed E-state index contributed by atoms with van der Waals surface area (Å²) in [6, 6.07) is 41.7. The minimum Gasteiger partial charge on any atom is -0.469 e. The smallest absolute Gasteiger partial charge is 0.305 e. The maximum absolute atomic E-state index is 14.2. The van der Waals surface area contributed by atoms with Crippen molar-refractivity contribution in [3.8, 4) is 0 Å². The van der Waals surface area contributed by atoms with Gasteiger partial charge in [0, 0.05) is 12.8 Å². The minimum atomic E-state index is -4.01. The van der Waals surface area contributed by atoms with Crippen LogP contribution in [0.3, 0.4) is 0 Å². The summed E-state index contributed by atoms with van der Waals surface area (Å²) in [5.74, 6) is -0.654. The van der Waals surface area contributed by atoms with Crippen LogP contribution in [0, 0.1) is 13.8 Å². The molecule has 6 aromatic carbocycles. The lowest BCUT2D eigenvalue weighted by Gasteiger charge is -2.25. The highest BCUT2D eigenvalue weighted by Crippen LogP contribution is 2.31. The number of hydrogen-bond acceptors (Lipinski definition) is 10. The summed E-state index contributed by atoms with van der Waals surface area (Å²) in [5.41, 5.74) is 6.76. The molecule has 320 valence electrons. The number of methoxy groups -OCH3 is 2. The molecule has 62 heavy (non-hydrogen) atoms. The van der Waals surface area contributed by atoms with E-state index in [1.165, 1.54) is 22.8 Å². The summed E-state index contributed by atoms with van der Waals surface area (Å²) in [5, 5.41) is 8.97. The zero-order chi connectivity index (χ0) is 44.3. The molecule has 0 amide bonds. The summed E-state index contributed by atoms with van der Waals surface area (Å²) in [6.07, 6.45) is 1.31. The number of ether oxygens (including phenoxy) is 2. The molecular formula is C48H48N4O8S2. The van der Waals surface area contributed by atoms with E-state index in [-0.39, 0.29) is 47.7 Å². The summed E-state index contributed by atoms with van der Waals surface area (Å²) in [7, 11) is -5.34. The molecule has 12 nitrogen and oxygen atoms in total. The number of sulfonamides is 2. The molecule has 0 spiro atoms. The van der Waals surface area contributed by atoms with Gasteiger partial charge in [0.15, 0.2) is 0 Å². The fourth-order valence-electron chi connectivity index (χ4n) is 6.54. The van der Waals surface area contributed by atoms with E-state index >= 15 is 0 Å². The normalized spacial score (nSPS) is 11.6. The maximum atomic E-state index is 14.2. The van der Waals surface area contributed by atoms with Gasteiger partial charge in [0.05, 0.1) is 59.8 Å². The molecule has 0 fully saturated rings. The van der Waals surface area contributed by atoms with E-state index in [2.05, 4.69) is 10.2 Å². The second kappa shape index (κ2) is 20.3. The number of rotatable bonds is 18. The molecule has 0 atom stereocenters. The number of carbonyl (C=O) groups excluding carboxylic acids is 2. The van der Waals surface area contributed by atoms with Crippen LogP contribution in [0.2, 0.25) is 0 Å². The van der Waals surface area contributed by atoms with Crippen LogP contribution in [0.4, 0.5) is 22.7 Å². The number of aryl methyl sites for hydroxylation is 4. The zero-order valence-corrected chi connectivity index (χ0v) is 36.6. The number of esters is 2. The highest BCUT2D eigenvalue weighted by molar-refractivity contribution is 7.93. The number of carbonyl (C=O) groups is 2. The van der Waals surface area contributed by atoms with E-state index in [0.717, 1.165) is 22.3 Å².